The Morgan fingerprint density at radius 3 is 2.57 bits per heavy atom. The predicted octanol–water partition coefficient (Wildman–Crippen LogP) is 2.13. The largest absolute Gasteiger partial charge is 0.507 e. The topological polar surface area (TPSA) is 69.6 Å². The standard InChI is InChI=1S/C15H19IN2O3/c1-10(15(21)18-7-3-2-4-8-18)17-14(20)11-5-6-12(16)13(19)9-11/h5-6,9-10,19H,2-4,7-8H2,1H3,(H,17,20). The second kappa shape index (κ2) is 7.11. The third-order valence-electron chi connectivity index (χ3n) is 3.59. The summed E-state index contributed by atoms with van der Waals surface area (Å²) in [6, 6.07) is 4.16. The van der Waals surface area contributed by atoms with Crippen LogP contribution in [0.25, 0.3) is 0 Å². The fourth-order valence-electron chi connectivity index (χ4n) is 2.38. The number of piperidine rings is 1. The predicted molar refractivity (Wildman–Crippen MR) is 88.2 cm³/mol. The second-order valence-electron chi connectivity index (χ2n) is 5.25. The van der Waals surface area contributed by atoms with Crippen LogP contribution in [-0.4, -0.2) is 41.0 Å². The van der Waals surface area contributed by atoms with Gasteiger partial charge in [0, 0.05) is 18.7 Å². The Morgan fingerprint density at radius 1 is 1.29 bits per heavy atom. The van der Waals surface area contributed by atoms with E-state index in [2.05, 4.69) is 5.32 Å². The third-order valence-corrected chi connectivity index (χ3v) is 4.51. The molecule has 1 aliphatic heterocycles. The number of nitrogens with zero attached hydrogens (tertiary/aromatic N) is 1. The van der Waals surface area contributed by atoms with Gasteiger partial charge in [0.05, 0.1) is 3.57 Å². The summed E-state index contributed by atoms with van der Waals surface area (Å²) in [7, 11) is 0. The lowest BCUT2D eigenvalue weighted by atomic mass is 10.1. The van der Waals surface area contributed by atoms with Gasteiger partial charge in [-0.05, 0) is 67.0 Å². The Bertz CT molecular complexity index is 542. The summed E-state index contributed by atoms with van der Waals surface area (Å²) in [6.45, 7) is 3.23. The lowest BCUT2D eigenvalue weighted by Gasteiger charge is -2.29. The van der Waals surface area contributed by atoms with Gasteiger partial charge in [0.2, 0.25) is 5.91 Å². The zero-order valence-electron chi connectivity index (χ0n) is 11.9. The van der Waals surface area contributed by atoms with Crippen molar-refractivity contribution in [1.82, 2.24) is 10.2 Å². The van der Waals surface area contributed by atoms with Crippen molar-refractivity contribution in [3.8, 4) is 5.75 Å². The van der Waals surface area contributed by atoms with Gasteiger partial charge in [0.25, 0.3) is 5.91 Å². The molecule has 1 atom stereocenters. The minimum Gasteiger partial charge on any atom is -0.507 e. The van der Waals surface area contributed by atoms with E-state index in [1.165, 1.54) is 6.07 Å². The maximum atomic E-state index is 12.2. The number of hydrogen-bond donors (Lipinski definition) is 2. The smallest absolute Gasteiger partial charge is 0.252 e. The third kappa shape index (κ3) is 4.09. The molecule has 1 heterocycles. The number of likely N-dealkylation sites (tertiary alicyclic amines) is 1. The molecule has 1 aromatic carbocycles. The van der Waals surface area contributed by atoms with Crippen LogP contribution >= 0.6 is 22.6 Å². The molecule has 0 radical (unpaired) electrons. The number of hydrogen-bond acceptors (Lipinski definition) is 3. The average Bonchev–Trinajstić information content (AvgIpc) is 2.50. The first-order valence-electron chi connectivity index (χ1n) is 7.07. The molecule has 0 spiro atoms. The molecule has 0 saturated carbocycles. The molecule has 0 bridgehead atoms. The quantitative estimate of drug-likeness (QED) is 0.762. The molecule has 1 aromatic rings. The number of nitrogens with one attached hydrogen (secondary N) is 1. The SMILES string of the molecule is CC(NC(=O)c1ccc(I)c(O)c1)C(=O)N1CCCCC1. The molecule has 2 rings (SSSR count). The zero-order valence-corrected chi connectivity index (χ0v) is 14.1. The summed E-state index contributed by atoms with van der Waals surface area (Å²) in [5, 5.41) is 12.3. The van der Waals surface area contributed by atoms with Crippen molar-refractivity contribution >= 4 is 34.4 Å². The number of amides is 2. The maximum Gasteiger partial charge on any atom is 0.252 e. The minimum atomic E-state index is -0.558. The fraction of sp³-hybridized carbons (Fsp3) is 0.467. The van der Waals surface area contributed by atoms with Crippen molar-refractivity contribution in [2.24, 2.45) is 0 Å². The van der Waals surface area contributed by atoms with Crippen molar-refractivity contribution in [3.05, 3.63) is 27.3 Å². The maximum absolute atomic E-state index is 12.2. The van der Waals surface area contributed by atoms with E-state index in [-0.39, 0.29) is 17.6 Å². The van der Waals surface area contributed by atoms with Crippen LogP contribution in [-0.2, 0) is 4.79 Å². The van der Waals surface area contributed by atoms with Crippen LogP contribution in [0.4, 0.5) is 0 Å². The van der Waals surface area contributed by atoms with Gasteiger partial charge in [-0.15, -0.1) is 0 Å². The monoisotopic (exact) mass is 402 g/mol. The Morgan fingerprint density at radius 2 is 1.95 bits per heavy atom. The van der Waals surface area contributed by atoms with Crippen LogP contribution in [0.2, 0.25) is 0 Å². The molecule has 2 amide bonds. The Labute approximate surface area is 137 Å². The van der Waals surface area contributed by atoms with Crippen LogP contribution < -0.4 is 5.32 Å². The molecule has 5 nitrogen and oxygen atoms in total. The Balaban J connectivity index is 1.97. The molecule has 0 aliphatic carbocycles. The number of carbonyl (C=O) groups excluding carboxylic acids is 2. The summed E-state index contributed by atoms with van der Waals surface area (Å²) in [5.41, 5.74) is 0.353. The van der Waals surface area contributed by atoms with E-state index in [4.69, 9.17) is 0 Å². The molecule has 21 heavy (non-hydrogen) atoms. The van der Waals surface area contributed by atoms with Gasteiger partial charge >= 0.3 is 0 Å². The normalized spacial score (nSPS) is 16.4. The summed E-state index contributed by atoms with van der Waals surface area (Å²) in [5.74, 6) is -0.324. The van der Waals surface area contributed by atoms with Gasteiger partial charge < -0.3 is 15.3 Å². The molecule has 114 valence electrons. The van der Waals surface area contributed by atoms with Crippen LogP contribution in [0.3, 0.4) is 0 Å². The fourth-order valence-corrected chi connectivity index (χ4v) is 2.72. The van der Waals surface area contributed by atoms with Crippen molar-refractivity contribution in [2.75, 3.05) is 13.1 Å². The molecular weight excluding hydrogens is 383 g/mol. The van der Waals surface area contributed by atoms with Crippen LogP contribution in [0.5, 0.6) is 5.75 Å². The van der Waals surface area contributed by atoms with E-state index in [9.17, 15) is 14.7 Å². The minimum absolute atomic E-state index is 0.0437. The summed E-state index contributed by atoms with van der Waals surface area (Å²) in [4.78, 5) is 26.2. The molecule has 2 N–H and O–H groups in total. The lowest BCUT2D eigenvalue weighted by Crippen LogP contribution is -2.48. The van der Waals surface area contributed by atoms with Gasteiger partial charge in [-0.3, -0.25) is 9.59 Å². The number of halogens is 1. The molecule has 1 aliphatic rings. The lowest BCUT2D eigenvalue weighted by molar-refractivity contribution is -0.133. The van der Waals surface area contributed by atoms with Crippen molar-refractivity contribution in [2.45, 2.75) is 32.2 Å². The second-order valence-corrected chi connectivity index (χ2v) is 6.41. The van der Waals surface area contributed by atoms with E-state index < -0.39 is 6.04 Å². The highest BCUT2D eigenvalue weighted by Gasteiger charge is 2.23. The van der Waals surface area contributed by atoms with E-state index in [1.54, 1.807) is 24.0 Å². The van der Waals surface area contributed by atoms with Crippen molar-refractivity contribution < 1.29 is 14.7 Å². The molecule has 6 heteroatoms. The van der Waals surface area contributed by atoms with Gasteiger partial charge in [0.1, 0.15) is 11.8 Å². The number of rotatable bonds is 3. The summed E-state index contributed by atoms with van der Waals surface area (Å²) >= 11 is 1.99. The van der Waals surface area contributed by atoms with Crippen LogP contribution in [0.1, 0.15) is 36.5 Å². The molecule has 1 saturated heterocycles. The highest BCUT2D eigenvalue weighted by molar-refractivity contribution is 14.1. The molecule has 1 fully saturated rings. The first-order chi connectivity index (χ1) is 9.99. The number of benzene rings is 1. The number of phenolic OH excluding ortho intramolecular Hbond substituents is 1. The van der Waals surface area contributed by atoms with E-state index in [1.807, 2.05) is 22.6 Å². The van der Waals surface area contributed by atoms with Gasteiger partial charge in [-0.1, -0.05) is 0 Å². The Kier molecular flexibility index (Phi) is 5.44. The molecule has 0 aromatic heterocycles. The average molecular weight is 402 g/mol. The van der Waals surface area contributed by atoms with E-state index in [0.717, 1.165) is 32.4 Å². The van der Waals surface area contributed by atoms with Crippen LogP contribution in [0, 0.1) is 3.57 Å². The summed E-state index contributed by atoms with van der Waals surface area (Å²) in [6.07, 6.45) is 3.21. The number of carbonyl (C=O) groups is 2. The van der Waals surface area contributed by atoms with Gasteiger partial charge in [0.15, 0.2) is 0 Å². The number of phenols is 1. The van der Waals surface area contributed by atoms with Gasteiger partial charge in [-0.2, -0.15) is 0 Å². The van der Waals surface area contributed by atoms with Crippen molar-refractivity contribution in [1.29, 1.82) is 0 Å². The van der Waals surface area contributed by atoms with E-state index >= 15 is 0 Å². The molecule has 1 unspecified atom stereocenters. The first kappa shape index (κ1) is 16.1. The van der Waals surface area contributed by atoms with E-state index in [0.29, 0.717) is 9.13 Å². The highest BCUT2D eigenvalue weighted by Crippen LogP contribution is 2.20. The Hall–Kier alpha value is -1.31. The first-order valence-corrected chi connectivity index (χ1v) is 8.15. The summed E-state index contributed by atoms with van der Waals surface area (Å²) < 4.78 is 0.682. The zero-order chi connectivity index (χ0) is 15.4. The van der Waals surface area contributed by atoms with Gasteiger partial charge in [-0.25, -0.2) is 0 Å². The number of aromatic hydroxyl groups is 1. The van der Waals surface area contributed by atoms with Crippen molar-refractivity contribution in [3.63, 3.8) is 0 Å². The van der Waals surface area contributed by atoms with Crippen LogP contribution in [0.15, 0.2) is 18.2 Å². The molecular formula is C15H19IN2O3. The highest BCUT2D eigenvalue weighted by atomic mass is 127.